The van der Waals surface area contributed by atoms with Crippen LogP contribution < -0.4 is 5.32 Å². The zero-order chi connectivity index (χ0) is 16.4. The van der Waals surface area contributed by atoms with Crippen molar-refractivity contribution in [3.05, 3.63) is 62.3 Å². The number of nitro groups is 1. The van der Waals surface area contributed by atoms with Crippen LogP contribution in [-0.2, 0) is 5.60 Å². The third-order valence-electron chi connectivity index (χ3n) is 4.06. The summed E-state index contributed by atoms with van der Waals surface area (Å²) in [5.74, 6) is -0.186. The Morgan fingerprint density at radius 3 is 2.57 bits per heavy atom. The molecule has 6 nitrogen and oxygen atoms in total. The minimum atomic E-state index is -1.04. The number of hydrogen-bond donors (Lipinski definition) is 2. The van der Waals surface area contributed by atoms with Crippen molar-refractivity contribution in [2.75, 3.05) is 6.54 Å². The lowest BCUT2D eigenvalue weighted by atomic mass is 9.95. The van der Waals surface area contributed by atoms with Crippen molar-refractivity contribution < 1.29 is 14.8 Å². The highest BCUT2D eigenvalue weighted by atomic mass is 32.1. The number of nitrogens with zero attached hydrogens (tertiary/aromatic N) is 1. The van der Waals surface area contributed by atoms with Crippen molar-refractivity contribution in [3.8, 4) is 0 Å². The standard InChI is InChI=1S/C16H16N2O4S/c19-15(11-3-7-13(8-4-11)18(21)22)17-10-16(20,12-5-6-12)14-2-1-9-23-14/h1-4,7-9,12,20H,5-6,10H2,(H,17,19). The smallest absolute Gasteiger partial charge is 0.269 e. The van der Waals surface area contributed by atoms with Gasteiger partial charge in [0.05, 0.1) is 11.5 Å². The van der Waals surface area contributed by atoms with Crippen LogP contribution in [0.5, 0.6) is 0 Å². The Balaban J connectivity index is 1.69. The van der Waals surface area contributed by atoms with Gasteiger partial charge in [-0.25, -0.2) is 0 Å². The fourth-order valence-electron chi connectivity index (χ4n) is 2.57. The Labute approximate surface area is 136 Å². The molecule has 0 saturated heterocycles. The number of thiophene rings is 1. The number of nitro benzene ring substituents is 1. The molecule has 0 bridgehead atoms. The van der Waals surface area contributed by atoms with Gasteiger partial charge in [0.15, 0.2) is 0 Å². The molecule has 0 spiro atoms. The molecular formula is C16H16N2O4S. The summed E-state index contributed by atoms with van der Waals surface area (Å²) in [4.78, 5) is 23.2. The summed E-state index contributed by atoms with van der Waals surface area (Å²) in [6.45, 7) is 0.133. The van der Waals surface area contributed by atoms with Gasteiger partial charge >= 0.3 is 0 Å². The monoisotopic (exact) mass is 332 g/mol. The second kappa shape index (κ2) is 6.10. The van der Waals surface area contributed by atoms with Gasteiger partial charge in [-0.1, -0.05) is 6.07 Å². The highest BCUT2D eigenvalue weighted by molar-refractivity contribution is 7.10. The van der Waals surface area contributed by atoms with Crippen LogP contribution in [0, 0.1) is 16.0 Å². The number of carbonyl (C=O) groups is 1. The van der Waals surface area contributed by atoms with Gasteiger partial charge in [0.25, 0.3) is 11.6 Å². The Hall–Kier alpha value is -2.25. The minimum Gasteiger partial charge on any atom is -0.382 e. The summed E-state index contributed by atoms with van der Waals surface area (Å²) < 4.78 is 0. The number of benzene rings is 1. The van der Waals surface area contributed by atoms with Crippen molar-refractivity contribution in [2.45, 2.75) is 18.4 Å². The summed E-state index contributed by atoms with van der Waals surface area (Å²) >= 11 is 1.47. The van der Waals surface area contributed by atoms with Crippen LogP contribution in [0.25, 0.3) is 0 Å². The van der Waals surface area contributed by atoms with Crippen molar-refractivity contribution in [3.63, 3.8) is 0 Å². The van der Waals surface area contributed by atoms with Gasteiger partial charge in [-0.05, 0) is 42.3 Å². The topological polar surface area (TPSA) is 92.5 Å². The first-order valence-corrected chi connectivity index (χ1v) is 8.17. The van der Waals surface area contributed by atoms with Gasteiger partial charge in [0, 0.05) is 22.6 Å². The van der Waals surface area contributed by atoms with Crippen LogP contribution in [0.3, 0.4) is 0 Å². The molecule has 120 valence electrons. The van der Waals surface area contributed by atoms with Crippen molar-refractivity contribution in [1.29, 1.82) is 0 Å². The van der Waals surface area contributed by atoms with Crippen LogP contribution in [-0.4, -0.2) is 22.5 Å². The molecule has 1 heterocycles. The highest BCUT2D eigenvalue weighted by Gasteiger charge is 2.45. The zero-order valence-electron chi connectivity index (χ0n) is 12.3. The maximum atomic E-state index is 12.2. The Morgan fingerprint density at radius 2 is 2.04 bits per heavy atom. The fraction of sp³-hybridized carbons (Fsp3) is 0.312. The zero-order valence-corrected chi connectivity index (χ0v) is 13.1. The molecule has 1 atom stereocenters. The first-order chi connectivity index (χ1) is 11.0. The van der Waals surface area contributed by atoms with Crippen molar-refractivity contribution in [2.24, 2.45) is 5.92 Å². The molecule has 0 aliphatic heterocycles. The second-order valence-electron chi connectivity index (χ2n) is 5.66. The molecule has 0 radical (unpaired) electrons. The van der Waals surface area contributed by atoms with Gasteiger partial charge in [-0.2, -0.15) is 0 Å². The summed E-state index contributed by atoms with van der Waals surface area (Å²) in [5.41, 5.74) is -0.764. The van der Waals surface area contributed by atoms with E-state index in [0.29, 0.717) is 5.56 Å². The van der Waals surface area contributed by atoms with Gasteiger partial charge < -0.3 is 10.4 Å². The Morgan fingerprint density at radius 1 is 1.35 bits per heavy atom. The van der Waals surface area contributed by atoms with Crippen LogP contribution >= 0.6 is 11.3 Å². The lowest BCUT2D eigenvalue weighted by Gasteiger charge is -2.27. The number of amides is 1. The van der Waals surface area contributed by atoms with Crippen LogP contribution in [0.1, 0.15) is 28.1 Å². The fourth-order valence-corrected chi connectivity index (χ4v) is 3.47. The third-order valence-corrected chi connectivity index (χ3v) is 5.10. The molecule has 1 aliphatic carbocycles. The molecule has 1 amide bonds. The van der Waals surface area contributed by atoms with E-state index in [-0.39, 0.29) is 24.1 Å². The van der Waals surface area contributed by atoms with Gasteiger partial charge in [-0.3, -0.25) is 14.9 Å². The van der Waals surface area contributed by atoms with E-state index in [1.165, 1.54) is 35.6 Å². The largest absolute Gasteiger partial charge is 0.382 e. The molecule has 1 saturated carbocycles. The summed E-state index contributed by atoms with van der Waals surface area (Å²) in [7, 11) is 0. The summed E-state index contributed by atoms with van der Waals surface area (Å²) in [6, 6.07) is 9.17. The maximum absolute atomic E-state index is 12.2. The second-order valence-corrected chi connectivity index (χ2v) is 6.61. The van der Waals surface area contributed by atoms with Crippen LogP contribution in [0.2, 0.25) is 0 Å². The van der Waals surface area contributed by atoms with E-state index in [9.17, 15) is 20.0 Å². The highest BCUT2D eigenvalue weighted by Crippen LogP contribution is 2.46. The molecule has 1 aliphatic rings. The van der Waals surface area contributed by atoms with E-state index < -0.39 is 10.5 Å². The van der Waals surface area contributed by atoms with E-state index >= 15 is 0 Å². The van der Waals surface area contributed by atoms with Crippen LogP contribution in [0.4, 0.5) is 5.69 Å². The average molecular weight is 332 g/mol. The van der Waals surface area contributed by atoms with E-state index in [0.717, 1.165) is 17.7 Å². The quantitative estimate of drug-likeness (QED) is 0.628. The Bertz CT molecular complexity index is 710. The van der Waals surface area contributed by atoms with E-state index in [2.05, 4.69) is 5.32 Å². The number of non-ortho nitro benzene ring substituents is 1. The lowest BCUT2D eigenvalue weighted by Crippen LogP contribution is -2.42. The molecule has 2 N–H and O–H groups in total. The van der Waals surface area contributed by atoms with Gasteiger partial charge in [0.1, 0.15) is 5.60 Å². The molecule has 23 heavy (non-hydrogen) atoms. The molecule has 2 aromatic rings. The average Bonchev–Trinajstić information content (AvgIpc) is 3.27. The first kappa shape index (κ1) is 15.6. The number of rotatable bonds is 6. The molecule has 7 heteroatoms. The predicted molar refractivity (Wildman–Crippen MR) is 86.4 cm³/mol. The molecular weight excluding hydrogens is 316 g/mol. The molecule has 3 rings (SSSR count). The normalized spacial score (nSPS) is 16.6. The van der Waals surface area contributed by atoms with E-state index in [1.54, 1.807) is 0 Å². The third kappa shape index (κ3) is 3.25. The van der Waals surface area contributed by atoms with E-state index in [1.807, 2.05) is 17.5 Å². The van der Waals surface area contributed by atoms with Crippen LogP contribution in [0.15, 0.2) is 41.8 Å². The molecule has 1 fully saturated rings. The number of nitrogens with one attached hydrogen (secondary N) is 1. The van der Waals surface area contributed by atoms with Gasteiger partial charge in [-0.15, -0.1) is 11.3 Å². The summed E-state index contributed by atoms with van der Waals surface area (Å²) in [6.07, 6.45) is 1.89. The Kier molecular flexibility index (Phi) is 4.14. The number of hydrogen-bond acceptors (Lipinski definition) is 5. The lowest BCUT2D eigenvalue weighted by molar-refractivity contribution is -0.384. The van der Waals surface area contributed by atoms with Crippen molar-refractivity contribution in [1.82, 2.24) is 5.32 Å². The maximum Gasteiger partial charge on any atom is 0.269 e. The number of carbonyl (C=O) groups excluding carboxylic acids is 1. The predicted octanol–water partition coefficient (Wildman–Crippen LogP) is 2.68. The minimum absolute atomic E-state index is 0.0605. The van der Waals surface area contributed by atoms with E-state index in [4.69, 9.17) is 0 Å². The molecule has 1 unspecified atom stereocenters. The van der Waals surface area contributed by atoms with Gasteiger partial charge in [0.2, 0.25) is 0 Å². The molecule has 1 aromatic heterocycles. The number of aliphatic hydroxyl groups is 1. The first-order valence-electron chi connectivity index (χ1n) is 7.30. The SMILES string of the molecule is O=C(NCC(O)(c1cccs1)C1CC1)c1ccc([N+](=O)[O-])cc1. The summed E-state index contributed by atoms with van der Waals surface area (Å²) in [5, 5.41) is 26.2. The van der Waals surface area contributed by atoms with Crippen molar-refractivity contribution >= 4 is 22.9 Å². The molecule has 1 aromatic carbocycles.